The Balaban J connectivity index is 2.75. The molecule has 0 aliphatic heterocycles. The van der Waals surface area contributed by atoms with E-state index >= 15 is 0 Å². The van der Waals surface area contributed by atoms with E-state index in [4.69, 9.17) is 9.57 Å². The summed E-state index contributed by atoms with van der Waals surface area (Å²) < 4.78 is 5.21. The van der Waals surface area contributed by atoms with Gasteiger partial charge in [0, 0.05) is 22.7 Å². The highest BCUT2D eigenvalue weighted by atomic mass is 32.1. The first kappa shape index (κ1) is 12.0. The van der Waals surface area contributed by atoms with Gasteiger partial charge < -0.3 is 4.74 Å². The third kappa shape index (κ3) is 2.94. The number of rotatable bonds is 4. The fraction of sp³-hybridized carbons (Fsp3) is 0.500. The SMILES string of the molecule is COc1csc(C)c1C(C)ONC(C)=O. The van der Waals surface area contributed by atoms with E-state index in [1.54, 1.807) is 18.4 Å². The molecule has 15 heavy (non-hydrogen) atoms. The average Bonchev–Trinajstić information content (AvgIpc) is 2.56. The van der Waals surface area contributed by atoms with Crippen molar-refractivity contribution in [2.24, 2.45) is 0 Å². The number of nitrogens with one attached hydrogen (secondary N) is 1. The minimum Gasteiger partial charge on any atom is -0.495 e. The maximum atomic E-state index is 10.7. The lowest BCUT2D eigenvalue weighted by molar-refractivity contribution is -0.135. The van der Waals surface area contributed by atoms with Gasteiger partial charge in [-0.15, -0.1) is 11.3 Å². The van der Waals surface area contributed by atoms with Crippen molar-refractivity contribution in [3.8, 4) is 5.75 Å². The van der Waals surface area contributed by atoms with Gasteiger partial charge in [0.25, 0.3) is 0 Å². The molecule has 0 fully saturated rings. The van der Waals surface area contributed by atoms with Gasteiger partial charge in [-0.1, -0.05) is 0 Å². The third-order valence-corrected chi connectivity index (χ3v) is 2.90. The number of aryl methyl sites for hydroxylation is 1. The van der Waals surface area contributed by atoms with Gasteiger partial charge in [-0.2, -0.15) is 0 Å². The quantitative estimate of drug-likeness (QED) is 0.805. The van der Waals surface area contributed by atoms with Crippen LogP contribution in [0.25, 0.3) is 0 Å². The lowest BCUT2D eigenvalue weighted by Gasteiger charge is -2.14. The van der Waals surface area contributed by atoms with Gasteiger partial charge in [0.05, 0.1) is 7.11 Å². The summed E-state index contributed by atoms with van der Waals surface area (Å²) in [5.74, 6) is 0.587. The zero-order valence-corrected chi connectivity index (χ0v) is 10.1. The lowest BCUT2D eigenvalue weighted by atomic mass is 10.1. The molecule has 0 saturated carbocycles. The van der Waals surface area contributed by atoms with Gasteiger partial charge in [0.2, 0.25) is 5.91 Å². The van der Waals surface area contributed by atoms with Crippen LogP contribution in [-0.2, 0) is 9.63 Å². The van der Waals surface area contributed by atoms with Gasteiger partial charge in [0.15, 0.2) is 0 Å². The molecule has 1 unspecified atom stereocenters. The summed E-state index contributed by atoms with van der Waals surface area (Å²) in [6.07, 6.45) is -0.213. The molecule has 0 aliphatic rings. The van der Waals surface area contributed by atoms with Gasteiger partial charge in [-0.3, -0.25) is 9.63 Å². The molecule has 0 aromatic carbocycles. The van der Waals surface area contributed by atoms with Crippen LogP contribution < -0.4 is 10.2 Å². The number of thiophene rings is 1. The smallest absolute Gasteiger partial charge is 0.240 e. The summed E-state index contributed by atoms with van der Waals surface area (Å²) in [6.45, 7) is 5.27. The van der Waals surface area contributed by atoms with Gasteiger partial charge in [-0.25, -0.2) is 5.48 Å². The van der Waals surface area contributed by atoms with E-state index in [9.17, 15) is 4.79 Å². The Labute approximate surface area is 93.2 Å². The average molecular weight is 229 g/mol. The Morgan fingerprint density at radius 2 is 2.27 bits per heavy atom. The van der Waals surface area contributed by atoms with Crippen LogP contribution in [0.3, 0.4) is 0 Å². The molecule has 84 valence electrons. The number of carbonyl (C=O) groups is 1. The topological polar surface area (TPSA) is 47.6 Å². The Bertz CT molecular complexity index is 348. The molecule has 1 aromatic rings. The maximum Gasteiger partial charge on any atom is 0.240 e. The Hall–Kier alpha value is -1.07. The van der Waals surface area contributed by atoms with Crippen LogP contribution in [0.4, 0.5) is 0 Å². The zero-order valence-electron chi connectivity index (χ0n) is 9.29. The maximum absolute atomic E-state index is 10.7. The summed E-state index contributed by atoms with van der Waals surface area (Å²) in [4.78, 5) is 17.0. The van der Waals surface area contributed by atoms with E-state index in [1.165, 1.54) is 6.92 Å². The highest BCUT2D eigenvalue weighted by molar-refractivity contribution is 7.10. The number of hydrogen-bond acceptors (Lipinski definition) is 4. The summed E-state index contributed by atoms with van der Waals surface area (Å²) in [5, 5.41) is 1.93. The third-order valence-electron chi connectivity index (χ3n) is 1.99. The number of carbonyl (C=O) groups excluding carboxylic acids is 1. The summed E-state index contributed by atoms with van der Waals surface area (Å²) in [7, 11) is 1.62. The molecular formula is C10H15NO3S. The first-order valence-electron chi connectivity index (χ1n) is 4.60. The molecule has 1 atom stereocenters. The second-order valence-electron chi connectivity index (χ2n) is 3.19. The summed E-state index contributed by atoms with van der Waals surface area (Å²) in [6, 6.07) is 0. The molecule has 0 bridgehead atoms. The van der Waals surface area contributed by atoms with Crippen molar-refractivity contribution in [1.29, 1.82) is 0 Å². The van der Waals surface area contributed by atoms with Crippen LogP contribution in [0, 0.1) is 6.92 Å². The highest BCUT2D eigenvalue weighted by Crippen LogP contribution is 2.34. The van der Waals surface area contributed by atoms with Crippen molar-refractivity contribution < 1.29 is 14.4 Å². The molecular weight excluding hydrogens is 214 g/mol. The summed E-state index contributed by atoms with van der Waals surface area (Å²) in [5.41, 5.74) is 3.30. The predicted octanol–water partition coefficient (Wildman–Crippen LogP) is 2.19. The normalized spacial score (nSPS) is 12.3. The van der Waals surface area contributed by atoms with E-state index in [0.29, 0.717) is 0 Å². The molecule has 0 aliphatic carbocycles. The second kappa shape index (κ2) is 5.14. The number of hydrogen-bond donors (Lipinski definition) is 1. The van der Waals surface area contributed by atoms with Gasteiger partial charge in [-0.05, 0) is 13.8 Å². The molecule has 0 radical (unpaired) electrons. The van der Waals surface area contributed by atoms with Crippen LogP contribution in [0.15, 0.2) is 5.38 Å². The predicted molar refractivity (Wildman–Crippen MR) is 58.9 cm³/mol. The molecule has 5 heteroatoms. The van der Waals surface area contributed by atoms with Gasteiger partial charge in [0.1, 0.15) is 11.9 Å². The molecule has 1 aromatic heterocycles. The number of hydroxylamine groups is 1. The molecule has 0 saturated heterocycles. The van der Waals surface area contributed by atoms with Crippen LogP contribution >= 0.6 is 11.3 Å². The first-order valence-corrected chi connectivity index (χ1v) is 5.48. The zero-order chi connectivity index (χ0) is 11.4. The van der Waals surface area contributed by atoms with Crippen molar-refractivity contribution in [3.05, 3.63) is 15.8 Å². The van der Waals surface area contributed by atoms with Crippen molar-refractivity contribution >= 4 is 17.2 Å². The lowest BCUT2D eigenvalue weighted by Crippen LogP contribution is -2.22. The first-order chi connectivity index (χ1) is 7.06. The van der Waals surface area contributed by atoms with Crippen LogP contribution in [-0.4, -0.2) is 13.0 Å². The van der Waals surface area contributed by atoms with Crippen LogP contribution in [0.1, 0.15) is 30.4 Å². The van der Waals surface area contributed by atoms with E-state index in [-0.39, 0.29) is 12.0 Å². The molecule has 0 spiro atoms. The summed E-state index contributed by atoms with van der Waals surface area (Å²) >= 11 is 1.60. The largest absolute Gasteiger partial charge is 0.495 e. The van der Waals surface area contributed by atoms with Crippen molar-refractivity contribution in [1.82, 2.24) is 5.48 Å². The van der Waals surface area contributed by atoms with E-state index in [1.807, 2.05) is 19.2 Å². The Morgan fingerprint density at radius 3 is 2.80 bits per heavy atom. The number of methoxy groups -OCH3 is 1. The number of ether oxygens (including phenoxy) is 1. The second-order valence-corrected chi connectivity index (χ2v) is 4.28. The minimum atomic E-state index is -0.214. The number of amides is 1. The van der Waals surface area contributed by atoms with Crippen molar-refractivity contribution in [3.63, 3.8) is 0 Å². The van der Waals surface area contributed by atoms with Gasteiger partial charge >= 0.3 is 0 Å². The fourth-order valence-corrected chi connectivity index (χ4v) is 2.22. The Morgan fingerprint density at radius 1 is 1.60 bits per heavy atom. The van der Waals surface area contributed by atoms with Crippen molar-refractivity contribution in [2.75, 3.05) is 7.11 Å². The Kier molecular flexibility index (Phi) is 4.11. The monoisotopic (exact) mass is 229 g/mol. The molecule has 1 rings (SSSR count). The highest BCUT2D eigenvalue weighted by Gasteiger charge is 2.17. The minimum absolute atomic E-state index is 0.213. The van der Waals surface area contributed by atoms with E-state index in [0.717, 1.165) is 16.2 Å². The van der Waals surface area contributed by atoms with Crippen molar-refractivity contribution in [2.45, 2.75) is 26.9 Å². The molecule has 1 heterocycles. The fourth-order valence-electron chi connectivity index (χ4n) is 1.32. The van der Waals surface area contributed by atoms with E-state index < -0.39 is 0 Å². The molecule has 1 N–H and O–H groups in total. The van der Waals surface area contributed by atoms with Crippen LogP contribution in [0.5, 0.6) is 5.75 Å². The standard InChI is InChI=1S/C10H15NO3S/c1-6(14-11-8(3)12)10-7(2)15-5-9(10)13-4/h5-6H,1-4H3,(H,11,12). The van der Waals surface area contributed by atoms with E-state index in [2.05, 4.69) is 5.48 Å². The molecule has 1 amide bonds. The molecule has 4 nitrogen and oxygen atoms in total. The van der Waals surface area contributed by atoms with Crippen LogP contribution in [0.2, 0.25) is 0 Å².